The molecule has 25 heavy (non-hydrogen) atoms. The molecule has 5 bridgehead atoms. The monoisotopic (exact) mass is 384 g/mol. The maximum atomic E-state index is 11.5. The lowest BCUT2D eigenvalue weighted by Crippen LogP contribution is -2.71. The molecule has 6 aliphatic rings. The number of piperidine rings is 4. The van der Waals surface area contributed by atoms with Crippen LogP contribution in [0.3, 0.4) is 0 Å². The van der Waals surface area contributed by atoms with Gasteiger partial charge in [-0.25, -0.2) is 0 Å². The molecule has 1 aromatic carbocycles. The maximum Gasteiger partial charge on any atom is 0.111 e. The van der Waals surface area contributed by atoms with Crippen molar-refractivity contribution in [3.8, 4) is 0 Å². The Morgan fingerprint density at radius 3 is 2.72 bits per heavy atom. The molecule has 1 aliphatic carbocycles. The van der Waals surface area contributed by atoms with E-state index in [1.54, 1.807) is 0 Å². The summed E-state index contributed by atoms with van der Waals surface area (Å²) in [5, 5.41) is 26.1. The third-order valence-corrected chi connectivity index (χ3v) is 8.05. The van der Waals surface area contributed by atoms with Gasteiger partial charge in [0.1, 0.15) is 6.23 Å². The van der Waals surface area contributed by atoms with Gasteiger partial charge in [0.05, 0.1) is 12.1 Å². The number of aliphatic hydroxyl groups excluding tert-OH is 2. The molecule has 5 unspecified atom stereocenters. The zero-order valence-electron chi connectivity index (χ0n) is 14.2. The van der Waals surface area contributed by atoms with Gasteiger partial charge in [-0.15, -0.1) is 24.8 Å². The number of anilines is 1. The van der Waals surface area contributed by atoms with Gasteiger partial charge < -0.3 is 15.5 Å². The molecule has 138 valence electrons. The average molecular weight is 385 g/mol. The Bertz CT molecular complexity index is 704. The predicted molar refractivity (Wildman–Crippen MR) is 101 cm³/mol. The molecule has 0 radical (unpaired) electrons. The van der Waals surface area contributed by atoms with Crippen molar-refractivity contribution in [1.29, 1.82) is 0 Å². The molecule has 1 aromatic rings. The van der Waals surface area contributed by atoms with Crippen molar-refractivity contribution in [2.24, 2.45) is 17.8 Å². The molecule has 0 amide bonds. The molecule has 6 heteroatoms. The lowest BCUT2D eigenvalue weighted by Gasteiger charge is -2.61. The minimum atomic E-state index is -0.321. The van der Waals surface area contributed by atoms with E-state index in [2.05, 4.69) is 41.4 Å². The van der Waals surface area contributed by atoms with Crippen LogP contribution in [0.25, 0.3) is 0 Å². The van der Waals surface area contributed by atoms with Gasteiger partial charge in [0.25, 0.3) is 0 Å². The summed E-state index contributed by atoms with van der Waals surface area (Å²) in [6.07, 6.45) is 2.52. The highest BCUT2D eigenvalue weighted by atomic mass is 35.5. The maximum absolute atomic E-state index is 11.5. The van der Waals surface area contributed by atoms with E-state index in [9.17, 15) is 10.2 Å². The summed E-state index contributed by atoms with van der Waals surface area (Å²) in [5.41, 5.74) is 2.38. The molecule has 5 aliphatic heterocycles. The fraction of sp³-hybridized carbons (Fsp3) is 0.684. The van der Waals surface area contributed by atoms with E-state index in [1.165, 1.54) is 11.3 Å². The van der Waals surface area contributed by atoms with Crippen LogP contribution in [0, 0.1) is 17.8 Å². The molecular weight excluding hydrogens is 359 g/mol. The first-order valence-electron chi connectivity index (χ1n) is 9.18. The molecule has 4 saturated heterocycles. The Labute approximate surface area is 160 Å². The van der Waals surface area contributed by atoms with Crippen LogP contribution in [0.4, 0.5) is 5.69 Å². The van der Waals surface area contributed by atoms with Crippen molar-refractivity contribution in [3.05, 3.63) is 29.8 Å². The fourth-order valence-electron chi connectivity index (χ4n) is 7.40. The summed E-state index contributed by atoms with van der Waals surface area (Å²) in [4.78, 5) is 2.39. The number of fused-ring (bicyclic) bond motifs is 2. The number of nitrogens with one attached hydrogen (secondary N) is 1. The Kier molecular flexibility index (Phi) is 3.93. The third kappa shape index (κ3) is 1.71. The van der Waals surface area contributed by atoms with Crippen molar-refractivity contribution in [1.82, 2.24) is 4.90 Å². The minimum absolute atomic E-state index is 0. The zero-order valence-corrected chi connectivity index (χ0v) is 15.8. The largest absolute Gasteiger partial charge is 0.392 e. The van der Waals surface area contributed by atoms with Crippen LogP contribution in [-0.4, -0.2) is 45.6 Å². The molecule has 10 atom stereocenters. The zero-order chi connectivity index (χ0) is 15.5. The first-order chi connectivity index (χ1) is 11.2. The van der Waals surface area contributed by atoms with Crippen molar-refractivity contribution < 1.29 is 10.2 Å². The Hall–Kier alpha value is -0.520. The predicted octanol–water partition coefficient (Wildman–Crippen LogP) is 2.37. The molecule has 0 aromatic heterocycles. The van der Waals surface area contributed by atoms with E-state index in [0.717, 1.165) is 19.3 Å². The van der Waals surface area contributed by atoms with Crippen molar-refractivity contribution in [2.75, 3.05) is 5.32 Å². The molecule has 5 heterocycles. The van der Waals surface area contributed by atoms with Crippen molar-refractivity contribution in [2.45, 2.75) is 62.1 Å². The third-order valence-electron chi connectivity index (χ3n) is 8.05. The molecular formula is C19H26Cl2N2O2. The van der Waals surface area contributed by atoms with Gasteiger partial charge in [0.15, 0.2) is 0 Å². The van der Waals surface area contributed by atoms with Crippen LogP contribution in [-0.2, 0) is 5.41 Å². The second-order valence-corrected chi connectivity index (χ2v) is 8.40. The number of para-hydroxylation sites is 1. The molecule has 1 spiro atoms. The summed E-state index contributed by atoms with van der Waals surface area (Å²) < 4.78 is 0. The van der Waals surface area contributed by atoms with E-state index < -0.39 is 0 Å². The molecule has 1 saturated carbocycles. The van der Waals surface area contributed by atoms with Gasteiger partial charge in [0, 0.05) is 35.0 Å². The Morgan fingerprint density at radius 1 is 1.20 bits per heavy atom. The second-order valence-electron chi connectivity index (χ2n) is 8.40. The normalized spacial score (nSPS) is 52.7. The minimum Gasteiger partial charge on any atom is -0.392 e. The van der Waals surface area contributed by atoms with E-state index in [-0.39, 0.29) is 48.6 Å². The Balaban J connectivity index is 0.000000784. The van der Waals surface area contributed by atoms with Crippen LogP contribution < -0.4 is 5.32 Å². The number of nitrogens with zero attached hydrogens (tertiary/aromatic N) is 1. The quantitative estimate of drug-likeness (QED) is 0.695. The molecule has 7 rings (SSSR count). The number of aliphatic hydroxyl groups is 2. The highest BCUT2D eigenvalue weighted by Gasteiger charge is 2.75. The summed E-state index contributed by atoms with van der Waals surface area (Å²) >= 11 is 0. The lowest BCUT2D eigenvalue weighted by atomic mass is 9.63. The van der Waals surface area contributed by atoms with Gasteiger partial charge in [-0.2, -0.15) is 0 Å². The van der Waals surface area contributed by atoms with E-state index in [4.69, 9.17) is 0 Å². The van der Waals surface area contributed by atoms with Gasteiger partial charge >= 0.3 is 0 Å². The summed E-state index contributed by atoms with van der Waals surface area (Å²) in [6, 6.07) is 9.50. The smallest absolute Gasteiger partial charge is 0.111 e. The number of rotatable bonds is 1. The van der Waals surface area contributed by atoms with Crippen LogP contribution in [0.5, 0.6) is 0 Å². The fourth-order valence-corrected chi connectivity index (χ4v) is 7.40. The second kappa shape index (κ2) is 5.49. The highest BCUT2D eigenvalue weighted by Crippen LogP contribution is 2.67. The number of halogens is 2. The summed E-state index contributed by atoms with van der Waals surface area (Å²) in [5.74, 6) is 1.13. The van der Waals surface area contributed by atoms with Gasteiger partial charge in [-0.1, -0.05) is 25.1 Å². The summed E-state index contributed by atoms with van der Waals surface area (Å²) in [6.45, 7) is 2.18. The first-order valence-corrected chi connectivity index (χ1v) is 9.18. The van der Waals surface area contributed by atoms with Crippen LogP contribution in [0.2, 0.25) is 0 Å². The SMILES string of the molecule is CC[C@H]1C2C[C@H]3[C@@H]4Nc5ccccc5C45C[C@@H](C2C5O)N3[C@@H]1O.Cl.Cl. The Morgan fingerprint density at radius 2 is 1.96 bits per heavy atom. The van der Waals surface area contributed by atoms with E-state index >= 15 is 0 Å². The average Bonchev–Trinajstić information content (AvgIpc) is 3.02. The lowest BCUT2D eigenvalue weighted by molar-refractivity contribution is -0.210. The number of benzene rings is 1. The van der Waals surface area contributed by atoms with Gasteiger partial charge in [-0.05, 0) is 36.8 Å². The van der Waals surface area contributed by atoms with E-state index in [1.807, 2.05) is 0 Å². The molecule has 5 fully saturated rings. The van der Waals surface area contributed by atoms with Crippen LogP contribution >= 0.6 is 24.8 Å². The molecule has 3 N–H and O–H groups in total. The number of hydrogen-bond acceptors (Lipinski definition) is 4. The van der Waals surface area contributed by atoms with Crippen molar-refractivity contribution >= 4 is 30.5 Å². The standard InChI is InChI=1S/C19H24N2O2.2ClH/c1-2-9-10-7-13-16-19(11-5-3-4-6-12(11)20-16)8-14(15(10)17(19)22)21(13)18(9)23;;/h3-6,9-10,13-18,20,22-23H,2,7-8H2,1H3;2*1H/t9-,10?,13-,14-,15?,16-,17?,18+,19?;;/m0../s1. The topological polar surface area (TPSA) is 55.7 Å². The highest BCUT2D eigenvalue weighted by molar-refractivity contribution is 5.85. The van der Waals surface area contributed by atoms with Gasteiger partial charge in [-0.3, -0.25) is 4.90 Å². The van der Waals surface area contributed by atoms with Crippen molar-refractivity contribution in [3.63, 3.8) is 0 Å². The van der Waals surface area contributed by atoms with E-state index in [0.29, 0.717) is 29.8 Å². The van der Waals surface area contributed by atoms with Crippen LogP contribution in [0.15, 0.2) is 24.3 Å². The van der Waals surface area contributed by atoms with Crippen LogP contribution in [0.1, 0.15) is 31.7 Å². The summed E-state index contributed by atoms with van der Waals surface area (Å²) in [7, 11) is 0. The van der Waals surface area contributed by atoms with Gasteiger partial charge in [0.2, 0.25) is 0 Å². The number of hydrogen-bond donors (Lipinski definition) is 3. The molecule has 4 nitrogen and oxygen atoms in total. The first kappa shape index (κ1) is 17.9.